The number of esters is 4. The number of ether oxygens (including phenoxy) is 4. The molecule has 1 unspecified atom stereocenters. The summed E-state index contributed by atoms with van der Waals surface area (Å²) in [6.07, 6.45) is 6.30. The largest absolute Gasteiger partial charge is 0.426 e. The van der Waals surface area contributed by atoms with Gasteiger partial charge in [0, 0.05) is 11.8 Å². The molecule has 0 amide bonds. The molecule has 12 heteroatoms. The Morgan fingerprint density at radius 3 is 1.57 bits per heavy atom. The van der Waals surface area contributed by atoms with Crippen LogP contribution in [0.25, 0.3) is 10.2 Å². The van der Waals surface area contributed by atoms with Crippen LogP contribution in [-0.2, 0) is 24.0 Å². The van der Waals surface area contributed by atoms with Crippen LogP contribution in [0.1, 0.15) is 68.0 Å². The number of nitrogens with zero attached hydrogens (tertiary/aromatic N) is 2. The number of aromatic nitrogens is 1. The van der Waals surface area contributed by atoms with E-state index in [1.54, 1.807) is 48.5 Å². The first-order chi connectivity index (χ1) is 28.2. The molecule has 0 saturated heterocycles. The van der Waals surface area contributed by atoms with E-state index in [4.69, 9.17) is 18.9 Å². The molecule has 1 aromatic heterocycles. The summed E-state index contributed by atoms with van der Waals surface area (Å²) in [7, 11) is 0. The van der Waals surface area contributed by atoms with E-state index in [-0.39, 0.29) is 41.1 Å². The molecular weight excluding hydrogens is 757 g/mol. The standard InChI is InChI=1S/C46H42N2O9S/c1-2-38(49)41(42-48-37-15-9-10-16-40(37)58-42)47-28-33-27-36(56-45(52)31-19-17-29(18-20-31)43(50)54-34-11-5-3-6-12-34)25-26-39(33)57-46(53)32-23-21-30(22-24-32)44(51)55-35-13-7-4-8-14-35/h2-16,25-32,41H,1,17-24H2. The van der Waals surface area contributed by atoms with Gasteiger partial charge in [-0.15, -0.1) is 11.3 Å². The molecule has 0 aliphatic heterocycles. The zero-order valence-electron chi connectivity index (χ0n) is 31.7. The van der Waals surface area contributed by atoms with Crippen LogP contribution in [0.3, 0.4) is 0 Å². The minimum absolute atomic E-state index is 0.158. The number of carbonyl (C=O) groups excluding carboxylic acids is 5. The second-order valence-electron chi connectivity index (χ2n) is 14.4. The third kappa shape index (κ3) is 9.99. The van der Waals surface area contributed by atoms with Gasteiger partial charge in [0.1, 0.15) is 28.0 Å². The zero-order valence-corrected chi connectivity index (χ0v) is 32.5. The van der Waals surface area contributed by atoms with Crippen LogP contribution >= 0.6 is 11.3 Å². The number of hydrogen-bond acceptors (Lipinski definition) is 12. The van der Waals surface area contributed by atoms with Crippen molar-refractivity contribution in [3.8, 4) is 23.0 Å². The number of aliphatic imine (C=N–C) groups is 1. The number of para-hydroxylation sites is 3. The van der Waals surface area contributed by atoms with Gasteiger partial charge in [-0.25, -0.2) is 4.98 Å². The van der Waals surface area contributed by atoms with E-state index in [0.29, 0.717) is 73.4 Å². The van der Waals surface area contributed by atoms with Crippen molar-refractivity contribution < 1.29 is 42.9 Å². The van der Waals surface area contributed by atoms with Crippen molar-refractivity contribution in [2.45, 2.75) is 57.4 Å². The second-order valence-corrected chi connectivity index (χ2v) is 15.5. The normalized spacial score (nSPS) is 19.8. The first kappa shape index (κ1) is 39.9. The van der Waals surface area contributed by atoms with Crippen LogP contribution in [0, 0.1) is 23.7 Å². The second kappa shape index (κ2) is 18.8. The Labute approximate surface area is 339 Å². The van der Waals surface area contributed by atoms with Gasteiger partial charge in [-0.3, -0.25) is 29.0 Å². The minimum atomic E-state index is -1.01. The summed E-state index contributed by atoms with van der Waals surface area (Å²) in [4.78, 5) is 74.9. The molecule has 58 heavy (non-hydrogen) atoms. The van der Waals surface area contributed by atoms with Gasteiger partial charge in [-0.2, -0.15) is 0 Å². The van der Waals surface area contributed by atoms with Crippen molar-refractivity contribution in [3.05, 3.63) is 126 Å². The van der Waals surface area contributed by atoms with Gasteiger partial charge in [0.25, 0.3) is 0 Å². The average Bonchev–Trinajstić information content (AvgIpc) is 3.69. The highest BCUT2D eigenvalue weighted by molar-refractivity contribution is 7.18. The van der Waals surface area contributed by atoms with Crippen LogP contribution in [-0.4, -0.2) is 40.9 Å². The number of thiazole rings is 1. The quantitative estimate of drug-likeness (QED) is 0.0490. The Bertz CT molecular complexity index is 2270. The van der Waals surface area contributed by atoms with Crippen LogP contribution in [0.4, 0.5) is 0 Å². The Kier molecular flexibility index (Phi) is 12.9. The lowest BCUT2D eigenvalue weighted by atomic mass is 9.82. The molecule has 0 bridgehead atoms. The van der Waals surface area contributed by atoms with Crippen LogP contribution in [0.5, 0.6) is 23.0 Å². The van der Waals surface area contributed by atoms with Crippen molar-refractivity contribution in [1.29, 1.82) is 0 Å². The lowest BCUT2D eigenvalue weighted by molar-refractivity contribution is -0.145. The molecule has 0 radical (unpaired) electrons. The fraction of sp³-hybridized carbons (Fsp3) is 0.283. The van der Waals surface area contributed by atoms with Gasteiger partial charge in [0.2, 0.25) is 0 Å². The highest BCUT2D eigenvalue weighted by atomic mass is 32.1. The molecule has 0 spiro atoms. The van der Waals surface area contributed by atoms with Crippen molar-refractivity contribution in [2.75, 3.05) is 0 Å². The smallest absolute Gasteiger partial charge is 0.314 e. The van der Waals surface area contributed by atoms with E-state index in [1.165, 1.54) is 41.8 Å². The van der Waals surface area contributed by atoms with E-state index in [1.807, 2.05) is 36.4 Å². The Morgan fingerprint density at radius 2 is 1.07 bits per heavy atom. The van der Waals surface area contributed by atoms with Gasteiger partial charge in [0.05, 0.1) is 33.9 Å². The van der Waals surface area contributed by atoms with Gasteiger partial charge in [-0.05, 0) is 112 Å². The number of carbonyl (C=O) groups is 5. The number of benzene rings is 4. The summed E-state index contributed by atoms with van der Waals surface area (Å²) in [6.45, 7) is 3.66. The molecule has 2 fully saturated rings. The Balaban J connectivity index is 1.05. The van der Waals surface area contributed by atoms with E-state index in [0.717, 1.165) is 10.2 Å². The fourth-order valence-electron chi connectivity index (χ4n) is 7.21. The molecule has 5 aromatic rings. The lowest BCUT2D eigenvalue weighted by Crippen LogP contribution is -2.30. The van der Waals surface area contributed by atoms with E-state index in [9.17, 15) is 24.0 Å². The minimum Gasteiger partial charge on any atom is -0.426 e. The highest BCUT2D eigenvalue weighted by Crippen LogP contribution is 2.35. The van der Waals surface area contributed by atoms with E-state index < -0.39 is 29.8 Å². The van der Waals surface area contributed by atoms with Gasteiger partial charge >= 0.3 is 23.9 Å². The Hall–Kier alpha value is -6.27. The number of hydrogen-bond donors (Lipinski definition) is 0. The summed E-state index contributed by atoms with van der Waals surface area (Å²) in [6, 6.07) is 28.9. The Morgan fingerprint density at radius 1 is 0.603 bits per heavy atom. The fourth-order valence-corrected chi connectivity index (χ4v) is 8.24. The van der Waals surface area contributed by atoms with Gasteiger partial charge in [0.15, 0.2) is 11.8 Å². The summed E-state index contributed by atoms with van der Waals surface area (Å²) in [5.41, 5.74) is 1.03. The molecule has 0 N–H and O–H groups in total. The molecule has 296 valence electrons. The monoisotopic (exact) mass is 798 g/mol. The van der Waals surface area contributed by atoms with Crippen molar-refractivity contribution in [3.63, 3.8) is 0 Å². The third-order valence-corrected chi connectivity index (χ3v) is 11.6. The number of fused-ring (bicyclic) bond motifs is 1. The molecule has 2 saturated carbocycles. The van der Waals surface area contributed by atoms with Crippen molar-refractivity contribution in [2.24, 2.45) is 28.7 Å². The maximum absolute atomic E-state index is 13.6. The highest BCUT2D eigenvalue weighted by Gasteiger charge is 2.34. The maximum Gasteiger partial charge on any atom is 0.314 e. The van der Waals surface area contributed by atoms with Crippen LogP contribution in [0.15, 0.2) is 121 Å². The average molecular weight is 799 g/mol. The van der Waals surface area contributed by atoms with Crippen molar-refractivity contribution >= 4 is 57.4 Å². The first-order valence-corrected chi connectivity index (χ1v) is 20.2. The zero-order chi connectivity index (χ0) is 40.4. The predicted octanol–water partition coefficient (Wildman–Crippen LogP) is 8.85. The molecular formula is C46H42N2O9S. The van der Waals surface area contributed by atoms with Gasteiger partial charge < -0.3 is 18.9 Å². The lowest BCUT2D eigenvalue weighted by Gasteiger charge is -2.26. The van der Waals surface area contributed by atoms with Gasteiger partial charge in [-0.1, -0.05) is 55.1 Å². The molecule has 2 aliphatic rings. The molecule has 11 nitrogen and oxygen atoms in total. The predicted molar refractivity (Wildman–Crippen MR) is 218 cm³/mol. The number of rotatable bonds is 13. The molecule has 1 heterocycles. The third-order valence-electron chi connectivity index (χ3n) is 10.5. The molecule has 2 aliphatic carbocycles. The molecule has 1 atom stereocenters. The summed E-state index contributed by atoms with van der Waals surface area (Å²) >= 11 is 1.34. The van der Waals surface area contributed by atoms with E-state index in [2.05, 4.69) is 16.6 Å². The first-order valence-electron chi connectivity index (χ1n) is 19.4. The summed E-state index contributed by atoms with van der Waals surface area (Å²) in [5.74, 6) is -2.15. The molecule has 7 rings (SSSR count). The van der Waals surface area contributed by atoms with Crippen LogP contribution < -0.4 is 18.9 Å². The van der Waals surface area contributed by atoms with E-state index >= 15 is 0 Å². The maximum atomic E-state index is 13.6. The summed E-state index contributed by atoms with van der Waals surface area (Å²) < 4.78 is 23.7. The number of ketones is 1. The van der Waals surface area contributed by atoms with Crippen LogP contribution in [0.2, 0.25) is 0 Å². The van der Waals surface area contributed by atoms with Crippen molar-refractivity contribution in [1.82, 2.24) is 4.98 Å². The SMILES string of the molecule is C=CC(=O)C(N=Cc1cc(OC(=O)C2CCC(C(=O)Oc3ccccc3)CC2)ccc1OC(=O)C1CCC(C(=O)Oc2ccccc2)CC1)c1nc2ccccc2s1. The molecule has 4 aromatic carbocycles. The topological polar surface area (TPSA) is 148 Å². The summed E-state index contributed by atoms with van der Waals surface area (Å²) in [5, 5.41) is 0.467.